The SMILES string of the molecule is CC(C)/C(O)=C/C(=O)C(C)(C)C(F)(F)F.CCC(C)(CC)c1cc(-c2nccc3c2sc2c(CC(C)C)cccc23)[c-]c2ccccc12.[Ir]. The van der Waals surface area contributed by atoms with Crippen molar-refractivity contribution in [1.29, 1.82) is 0 Å². The molecule has 0 amide bonds. The third-order valence-electron chi connectivity index (χ3n) is 9.56. The largest absolute Gasteiger partial charge is 0.512 e. The minimum atomic E-state index is -4.61. The predicted octanol–water partition coefficient (Wildman–Crippen LogP) is 12.6. The summed E-state index contributed by atoms with van der Waals surface area (Å²) in [6, 6.07) is 23.8. The molecule has 0 bridgehead atoms. The number of aliphatic hydroxyl groups is 1. The third-order valence-corrected chi connectivity index (χ3v) is 10.9. The molecule has 1 radical (unpaired) electrons. The molecule has 0 saturated carbocycles. The van der Waals surface area contributed by atoms with Gasteiger partial charge in [0.25, 0.3) is 0 Å². The number of halogens is 3. The number of aliphatic hydroxyl groups excluding tert-OH is 1. The van der Waals surface area contributed by atoms with E-state index in [0.717, 1.165) is 44.4 Å². The van der Waals surface area contributed by atoms with Gasteiger partial charge in [-0.15, -0.1) is 40.5 Å². The van der Waals surface area contributed by atoms with Gasteiger partial charge in [0, 0.05) is 58.8 Å². The molecule has 2 heterocycles. The molecule has 3 nitrogen and oxygen atoms in total. The fourth-order valence-corrected chi connectivity index (χ4v) is 7.01. The maximum absolute atomic E-state index is 12.4. The van der Waals surface area contributed by atoms with Crippen LogP contribution in [0.15, 0.2) is 72.6 Å². The number of nitrogens with zero attached hydrogens (tertiary/aromatic N) is 1. The normalized spacial score (nSPS) is 12.8. The number of hydrogen-bond donors (Lipinski definition) is 1. The third kappa shape index (κ3) is 8.46. The summed E-state index contributed by atoms with van der Waals surface area (Å²) in [5, 5.41) is 14.4. The van der Waals surface area contributed by atoms with E-state index in [0.29, 0.717) is 12.0 Å². The van der Waals surface area contributed by atoms with Crippen LogP contribution in [0.25, 0.3) is 42.2 Å². The Kier molecular flexibility index (Phi) is 13.1. The second-order valence-corrected chi connectivity index (χ2v) is 15.2. The summed E-state index contributed by atoms with van der Waals surface area (Å²) in [6.07, 6.45) is 1.33. The molecule has 0 fully saturated rings. The van der Waals surface area contributed by atoms with Gasteiger partial charge in [-0.25, -0.2) is 0 Å². The maximum Gasteiger partial charge on any atom is 0.401 e. The van der Waals surface area contributed by atoms with E-state index >= 15 is 0 Å². The van der Waals surface area contributed by atoms with E-state index in [1.165, 1.54) is 42.1 Å². The second kappa shape index (κ2) is 15.9. The molecule has 0 aliphatic heterocycles. The van der Waals surface area contributed by atoms with E-state index in [2.05, 4.69) is 95.3 Å². The summed E-state index contributed by atoms with van der Waals surface area (Å²) in [5.74, 6) is -1.20. The predicted molar refractivity (Wildman–Crippen MR) is 196 cm³/mol. The number of carbonyl (C=O) groups excluding carboxylic acids is 1. The van der Waals surface area contributed by atoms with Gasteiger partial charge in [0.2, 0.25) is 0 Å². The number of hydrogen-bond acceptors (Lipinski definition) is 4. The fraction of sp³-hybridized carbons (Fsp3) is 0.415. The molecule has 0 aliphatic carbocycles. The Bertz CT molecular complexity index is 1950. The molecule has 0 aliphatic rings. The number of benzene rings is 3. The number of fused-ring (bicyclic) bond motifs is 4. The number of rotatable bonds is 9. The minimum Gasteiger partial charge on any atom is -0.512 e. The van der Waals surface area contributed by atoms with Gasteiger partial charge >= 0.3 is 6.18 Å². The van der Waals surface area contributed by atoms with Crippen molar-refractivity contribution in [2.75, 3.05) is 0 Å². The van der Waals surface area contributed by atoms with Crippen LogP contribution in [0.1, 0.15) is 86.3 Å². The minimum absolute atomic E-state index is 0. The zero-order chi connectivity index (χ0) is 35.6. The average molecular weight is 867 g/mol. The van der Waals surface area contributed by atoms with Crippen LogP contribution in [-0.2, 0) is 36.7 Å². The number of carbonyl (C=O) groups is 1. The van der Waals surface area contributed by atoms with Gasteiger partial charge in [0.05, 0.1) is 5.76 Å². The van der Waals surface area contributed by atoms with E-state index in [9.17, 15) is 23.1 Å². The Morgan fingerprint density at radius 3 is 2.12 bits per heavy atom. The smallest absolute Gasteiger partial charge is 0.401 e. The molecular formula is C41H47F3IrNO2S-. The summed E-state index contributed by atoms with van der Waals surface area (Å²) in [6.45, 7) is 16.3. The average Bonchev–Trinajstić information content (AvgIpc) is 3.43. The van der Waals surface area contributed by atoms with Crippen molar-refractivity contribution in [1.82, 2.24) is 4.98 Å². The van der Waals surface area contributed by atoms with Crippen molar-refractivity contribution >= 4 is 48.1 Å². The van der Waals surface area contributed by atoms with Crippen molar-refractivity contribution in [3.05, 3.63) is 89.8 Å². The summed E-state index contributed by atoms with van der Waals surface area (Å²) in [5.41, 5.74) is 2.70. The molecule has 5 aromatic rings. The van der Waals surface area contributed by atoms with Crippen molar-refractivity contribution in [2.45, 2.75) is 93.2 Å². The molecule has 0 saturated heterocycles. The van der Waals surface area contributed by atoms with Crippen LogP contribution < -0.4 is 0 Å². The van der Waals surface area contributed by atoms with E-state index < -0.39 is 17.4 Å². The van der Waals surface area contributed by atoms with Crippen molar-refractivity contribution in [3.8, 4) is 11.3 Å². The molecular weight excluding hydrogens is 820 g/mol. The Hall–Kier alpha value is -3.06. The second-order valence-electron chi connectivity index (χ2n) is 14.2. The van der Waals surface area contributed by atoms with Crippen LogP contribution in [0.2, 0.25) is 0 Å². The Labute approximate surface area is 306 Å². The van der Waals surface area contributed by atoms with Crippen LogP contribution in [0.4, 0.5) is 13.2 Å². The first-order chi connectivity index (χ1) is 22.4. The number of ketones is 1. The first kappa shape index (κ1) is 40.4. The number of pyridine rings is 1. The first-order valence-electron chi connectivity index (χ1n) is 16.7. The van der Waals surface area contributed by atoms with Gasteiger partial charge in [0.15, 0.2) is 5.78 Å². The molecule has 49 heavy (non-hydrogen) atoms. The Morgan fingerprint density at radius 1 is 0.918 bits per heavy atom. The molecule has 1 N–H and O–H groups in total. The fourth-order valence-electron chi connectivity index (χ4n) is 5.68. The molecule has 265 valence electrons. The molecule has 5 rings (SSSR count). The summed E-state index contributed by atoms with van der Waals surface area (Å²) < 4.78 is 39.9. The number of thiophene rings is 1. The topological polar surface area (TPSA) is 50.2 Å². The van der Waals surface area contributed by atoms with Crippen LogP contribution in [0.5, 0.6) is 0 Å². The first-order valence-corrected chi connectivity index (χ1v) is 17.5. The monoisotopic (exact) mass is 867 g/mol. The standard InChI is InChI=1S/C31H32NS.C10H15F3O2.Ir/c1-6-31(5,7-2)27-19-23(18-21-11-8-9-13-24(21)27)28-30-26(15-16-32-28)25-14-10-12-22(17-20(3)4)29(25)33-30;1-6(2)7(14)5-8(15)9(3,4)10(11,12)13;/h8-16,19-20H,6-7,17H2,1-5H3;5-6,14H,1-4H3;/q-1;;/b;7-5-;. The van der Waals surface area contributed by atoms with Gasteiger partial charge < -0.3 is 5.11 Å². The quantitative estimate of drug-likeness (QED) is 0.0912. The van der Waals surface area contributed by atoms with Crippen molar-refractivity contribution in [3.63, 3.8) is 0 Å². The van der Waals surface area contributed by atoms with E-state index in [1.807, 2.05) is 17.5 Å². The molecule has 3 aromatic carbocycles. The van der Waals surface area contributed by atoms with Crippen LogP contribution in [-0.4, -0.2) is 22.1 Å². The van der Waals surface area contributed by atoms with Crippen LogP contribution in [0, 0.1) is 23.3 Å². The Balaban J connectivity index is 0.000000347. The zero-order valence-electron chi connectivity index (χ0n) is 29.8. The van der Waals surface area contributed by atoms with Gasteiger partial charge in [0.1, 0.15) is 5.41 Å². The maximum atomic E-state index is 12.4. The molecule has 8 heteroatoms. The van der Waals surface area contributed by atoms with E-state index in [1.54, 1.807) is 13.8 Å². The Morgan fingerprint density at radius 2 is 1.53 bits per heavy atom. The van der Waals surface area contributed by atoms with Crippen LogP contribution >= 0.6 is 11.3 Å². The van der Waals surface area contributed by atoms with Crippen molar-refractivity contribution < 1.29 is 43.2 Å². The number of alkyl halides is 3. The van der Waals surface area contributed by atoms with Crippen LogP contribution in [0.3, 0.4) is 0 Å². The molecule has 0 spiro atoms. The van der Waals surface area contributed by atoms with Gasteiger partial charge in [-0.05, 0) is 61.5 Å². The van der Waals surface area contributed by atoms with Gasteiger partial charge in [-0.1, -0.05) is 95.8 Å². The van der Waals surface area contributed by atoms with E-state index in [4.69, 9.17) is 4.98 Å². The van der Waals surface area contributed by atoms with Gasteiger partial charge in [-0.3, -0.25) is 9.78 Å². The summed E-state index contributed by atoms with van der Waals surface area (Å²) in [4.78, 5) is 16.2. The van der Waals surface area contributed by atoms with Gasteiger partial charge in [-0.2, -0.15) is 13.2 Å². The summed E-state index contributed by atoms with van der Waals surface area (Å²) in [7, 11) is 0. The zero-order valence-corrected chi connectivity index (χ0v) is 33.0. The van der Waals surface area contributed by atoms with Crippen molar-refractivity contribution in [2.24, 2.45) is 17.3 Å². The number of allylic oxidation sites excluding steroid dienone is 2. The molecule has 0 unspecified atom stereocenters. The molecule has 2 aromatic heterocycles. The molecule has 0 atom stereocenters. The summed E-state index contributed by atoms with van der Waals surface area (Å²) >= 11 is 1.90. The van der Waals surface area contributed by atoms with E-state index in [-0.39, 0.29) is 37.2 Å². The number of aromatic nitrogens is 1.